The Morgan fingerprint density at radius 3 is 2.61 bits per heavy atom. The number of aliphatic hydroxyl groups is 1. The fraction of sp³-hybridized carbons (Fsp3) is 0.692. The predicted octanol–water partition coefficient (Wildman–Crippen LogP) is 1.57. The molecule has 5 nitrogen and oxygen atoms in total. The van der Waals surface area contributed by atoms with Crippen LogP contribution in [0.3, 0.4) is 0 Å². The van der Waals surface area contributed by atoms with Gasteiger partial charge in [0, 0.05) is 30.9 Å². The number of hydrogen-bond acceptors (Lipinski definition) is 5. The third-order valence-corrected chi connectivity index (χ3v) is 3.05. The van der Waals surface area contributed by atoms with Crippen LogP contribution in [0.2, 0.25) is 0 Å². The first-order valence-corrected chi connectivity index (χ1v) is 6.60. The second-order valence-corrected chi connectivity index (χ2v) is 5.21. The van der Waals surface area contributed by atoms with Crippen molar-refractivity contribution in [3.8, 4) is 0 Å². The van der Waals surface area contributed by atoms with E-state index in [0.29, 0.717) is 12.0 Å². The molecule has 0 aromatic carbocycles. The van der Waals surface area contributed by atoms with E-state index in [1.165, 1.54) is 0 Å². The lowest BCUT2D eigenvalue weighted by Crippen LogP contribution is -2.36. The zero-order valence-corrected chi connectivity index (χ0v) is 11.3. The molecule has 0 bridgehead atoms. The standard InChI is InChI=1S/C13H22N4O/c1-9(2)14-13-15-10(3)8-12(16-13)17-6-4-11(18)5-7-17/h8-9,11,18H,4-7H2,1-3H3,(H,14,15,16). The highest BCUT2D eigenvalue weighted by Crippen LogP contribution is 2.20. The summed E-state index contributed by atoms with van der Waals surface area (Å²) in [7, 11) is 0. The summed E-state index contributed by atoms with van der Waals surface area (Å²) in [5.74, 6) is 1.64. The normalized spacial score (nSPS) is 17.3. The van der Waals surface area contributed by atoms with Crippen LogP contribution in [0.25, 0.3) is 0 Å². The molecule has 1 saturated heterocycles. The highest BCUT2D eigenvalue weighted by atomic mass is 16.3. The largest absolute Gasteiger partial charge is 0.393 e. The van der Waals surface area contributed by atoms with Crippen LogP contribution in [0, 0.1) is 6.92 Å². The SMILES string of the molecule is Cc1cc(N2CCC(O)CC2)nc(NC(C)C)n1. The zero-order valence-electron chi connectivity index (χ0n) is 11.3. The van der Waals surface area contributed by atoms with E-state index >= 15 is 0 Å². The van der Waals surface area contributed by atoms with Gasteiger partial charge in [0.1, 0.15) is 5.82 Å². The maximum Gasteiger partial charge on any atom is 0.225 e. The Morgan fingerprint density at radius 1 is 1.33 bits per heavy atom. The summed E-state index contributed by atoms with van der Waals surface area (Å²) in [6.45, 7) is 7.85. The molecule has 1 aliphatic heterocycles. The van der Waals surface area contributed by atoms with Crippen molar-refractivity contribution >= 4 is 11.8 Å². The van der Waals surface area contributed by atoms with E-state index in [9.17, 15) is 5.11 Å². The fourth-order valence-electron chi connectivity index (χ4n) is 2.13. The van der Waals surface area contributed by atoms with Gasteiger partial charge in [0.25, 0.3) is 0 Å². The molecule has 2 N–H and O–H groups in total. The first-order chi connectivity index (χ1) is 8.54. The van der Waals surface area contributed by atoms with Crippen LogP contribution in [-0.4, -0.2) is 40.3 Å². The summed E-state index contributed by atoms with van der Waals surface area (Å²) in [4.78, 5) is 11.1. The number of nitrogens with zero attached hydrogens (tertiary/aromatic N) is 3. The monoisotopic (exact) mass is 250 g/mol. The van der Waals surface area contributed by atoms with E-state index in [1.807, 2.05) is 13.0 Å². The average Bonchev–Trinajstić information content (AvgIpc) is 2.28. The van der Waals surface area contributed by atoms with Crippen LogP contribution < -0.4 is 10.2 Å². The number of aliphatic hydroxyl groups excluding tert-OH is 1. The van der Waals surface area contributed by atoms with Crippen LogP contribution in [0.15, 0.2) is 6.07 Å². The summed E-state index contributed by atoms with van der Waals surface area (Å²) in [5.41, 5.74) is 0.967. The number of piperidine rings is 1. The molecule has 2 rings (SSSR count). The molecule has 0 atom stereocenters. The van der Waals surface area contributed by atoms with Crippen molar-refractivity contribution in [1.82, 2.24) is 9.97 Å². The molecule has 100 valence electrons. The number of anilines is 2. The molecule has 1 aliphatic rings. The van der Waals surface area contributed by atoms with Crippen LogP contribution in [0.5, 0.6) is 0 Å². The van der Waals surface area contributed by atoms with Gasteiger partial charge in [-0.25, -0.2) is 4.98 Å². The van der Waals surface area contributed by atoms with Crippen LogP contribution in [-0.2, 0) is 0 Å². The second-order valence-electron chi connectivity index (χ2n) is 5.21. The van der Waals surface area contributed by atoms with E-state index < -0.39 is 0 Å². The molecule has 1 aromatic heterocycles. The summed E-state index contributed by atoms with van der Waals surface area (Å²) in [6.07, 6.45) is 1.48. The smallest absolute Gasteiger partial charge is 0.225 e. The Morgan fingerprint density at radius 2 is 2.00 bits per heavy atom. The Kier molecular flexibility index (Phi) is 4.01. The van der Waals surface area contributed by atoms with Crippen molar-refractivity contribution in [1.29, 1.82) is 0 Å². The van der Waals surface area contributed by atoms with E-state index in [0.717, 1.165) is 37.4 Å². The molecule has 0 saturated carbocycles. The average molecular weight is 250 g/mol. The van der Waals surface area contributed by atoms with Crippen molar-refractivity contribution in [2.45, 2.75) is 45.8 Å². The van der Waals surface area contributed by atoms with Gasteiger partial charge in [0.15, 0.2) is 0 Å². The van der Waals surface area contributed by atoms with Crippen LogP contribution >= 0.6 is 0 Å². The summed E-state index contributed by atoms with van der Waals surface area (Å²) >= 11 is 0. The third-order valence-electron chi connectivity index (χ3n) is 3.05. The van der Waals surface area contributed by atoms with Crippen molar-refractivity contribution in [2.24, 2.45) is 0 Å². The van der Waals surface area contributed by atoms with Gasteiger partial charge in [-0.1, -0.05) is 0 Å². The second kappa shape index (κ2) is 5.52. The summed E-state index contributed by atoms with van der Waals surface area (Å²) in [6, 6.07) is 2.33. The van der Waals surface area contributed by atoms with Crippen molar-refractivity contribution < 1.29 is 5.11 Å². The van der Waals surface area contributed by atoms with E-state index in [1.54, 1.807) is 0 Å². The molecular weight excluding hydrogens is 228 g/mol. The topological polar surface area (TPSA) is 61.3 Å². The minimum Gasteiger partial charge on any atom is -0.393 e. The first kappa shape index (κ1) is 13.1. The molecule has 2 heterocycles. The molecule has 18 heavy (non-hydrogen) atoms. The fourth-order valence-corrected chi connectivity index (χ4v) is 2.13. The first-order valence-electron chi connectivity index (χ1n) is 6.60. The lowest BCUT2D eigenvalue weighted by Gasteiger charge is -2.30. The minimum absolute atomic E-state index is 0.155. The van der Waals surface area contributed by atoms with Gasteiger partial charge in [0.2, 0.25) is 5.95 Å². The molecular formula is C13H22N4O. The quantitative estimate of drug-likeness (QED) is 0.852. The molecule has 0 amide bonds. The lowest BCUT2D eigenvalue weighted by atomic mass is 10.1. The Hall–Kier alpha value is -1.36. The van der Waals surface area contributed by atoms with E-state index in [4.69, 9.17) is 0 Å². The maximum absolute atomic E-state index is 9.53. The number of hydrogen-bond donors (Lipinski definition) is 2. The molecule has 5 heteroatoms. The number of nitrogens with one attached hydrogen (secondary N) is 1. The van der Waals surface area contributed by atoms with Crippen molar-refractivity contribution in [3.05, 3.63) is 11.8 Å². The Labute approximate surface area is 108 Å². The maximum atomic E-state index is 9.53. The predicted molar refractivity (Wildman–Crippen MR) is 73.0 cm³/mol. The Bertz CT molecular complexity index is 400. The molecule has 1 fully saturated rings. The van der Waals surface area contributed by atoms with E-state index in [2.05, 4.69) is 34.0 Å². The minimum atomic E-state index is -0.155. The molecule has 0 spiro atoms. The highest BCUT2D eigenvalue weighted by Gasteiger charge is 2.19. The number of aromatic nitrogens is 2. The van der Waals surface area contributed by atoms with Crippen molar-refractivity contribution in [2.75, 3.05) is 23.3 Å². The van der Waals surface area contributed by atoms with Gasteiger partial charge in [-0.2, -0.15) is 4.98 Å². The zero-order chi connectivity index (χ0) is 13.1. The van der Waals surface area contributed by atoms with Crippen molar-refractivity contribution in [3.63, 3.8) is 0 Å². The summed E-state index contributed by atoms with van der Waals surface area (Å²) < 4.78 is 0. The van der Waals surface area contributed by atoms with Gasteiger partial charge < -0.3 is 15.3 Å². The van der Waals surface area contributed by atoms with Gasteiger partial charge in [-0.05, 0) is 33.6 Å². The Balaban J connectivity index is 2.14. The molecule has 1 aromatic rings. The summed E-state index contributed by atoms with van der Waals surface area (Å²) in [5, 5.41) is 12.8. The molecule has 0 unspecified atom stereocenters. The number of rotatable bonds is 3. The van der Waals surface area contributed by atoms with Gasteiger partial charge in [-0.15, -0.1) is 0 Å². The van der Waals surface area contributed by atoms with E-state index in [-0.39, 0.29) is 6.10 Å². The van der Waals surface area contributed by atoms with Gasteiger partial charge in [0.05, 0.1) is 6.10 Å². The molecule has 0 radical (unpaired) electrons. The third kappa shape index (κ3) is 3.32. The van der Waals surface area contributed by atoms with Gasteiger partial charge in [-0.3, -0.25) is 0 Å². The van der Waals surface area contributed by atoms with Gasteiger partial charge >= 0.3 is 0 Å². The number of aryl methyl sites for hydroxylation is 1. The highest BCUT2D eigenvalue weighted by molar-refractivity contribution is 5.45. The lowest BCUT2D eigenvalue weighted by molar-refractivity contribution is 0.145. The van der Waals surface area contributed by atoms with Crippen LogP contribution in [0.4, 0.5) is 11.8 Å². The molecule has 0 aliphatic carbocycles. The van der Waals surface area contributed by atoms with Crippen LogP contribution in [0.1, 0.15) is 32.4 Å².